The van der Waals surface area contributed by atoms with Crippen LogP contribution < -0.4 is 10.6 Å². The van der Waals surface area contributed by atoms with E-state index in [1.807, 2.05) is 6.92 Å². The first-order chi connectivity index (χ1) is 10.2. The number of amides is 1. The van der Waals surface area contributed by atoms with E-state index in [-0.39, 0.29) is 11.9 Å². The van der Waals surface area contributed by atoms with Crippen LogP contribution in [0.15, 0.2) is 12.4 Å². The molecule has 2 N–H and O–H groups in total. The average Bonchev–Trinajstić information content (AvgIpc) is 2.49. The number of likely N-dealkylation sites (tertiary alicyclic amines) is 1. The highest BCUT2D eigenvalue weighted by atomic mass is 19.1. The molecule has 1 aromatic heterocycles. The van der Waals surface area contributed by atoms with Gasteiger partial charge in [0.1, 0.15) is 0 Å². The molecule has 6 nitrogen and oxygen atoms in total. The van der Waals surface area contributed by atoms with Gasteiger partial charge in [-0.3, -0.25) is 9.69 Å². The van der Waals surface area contributed by atoms with Crippen molar-refractivity contribution in [3.8, 4) is 0 Å². The summed E-state index contributed by atoms with van der Waals surface area (Å²) in [6, 6.07) is 0.269. The molecule has 21 heavy (non-hydrogen) atoms. The molecule has 2 rings (SSSR count). The summed E-state index contributed by atoms with van der Waals surface area (Å²) in [7, 11) is 0. The van der Waals surface area contributed by atoms with Crippen LogP contribution in [0.25, 0.3) is 0 Å². The summed E-state index contributed by atoms with van der Waals surface area (Å²) >= 11 is 0. The predicted molar refractivity (Wildman–Crippen MR) is 78.4 cm³/mol. The van der Waals surface area contributed by atoms with E-state index in [1.165, 1.54) is 0 Å². The third kappa shape index (κ3) is 5.26. The molecule has 2 heterocycles. The van der Waals surface area contributed by atoms with Crippen molar-refractivity contribution in [3.63, 3.8) is 0 Å². The molecule has 0 atom stereocenters. The van der Waals surface area contributed by atoms with Crippen molar-refractivity contribution in [1.29, 1.82) is 0 Å². The minimum atomic E-state index is -0.437. The summed E-state index contributed by atoms with van der Waals surface area (Å²) in [5.74, 6) is 0.106. The van der Waals surface area contributed by atoms with Gasteiger partial charge in [-0.1, -0.05) is 6.92 Å². The van der Waals surface area contributed by atoms with Gasteiger partial charge in [-0.15, -0.1) is 0 Å². The minimum Gasteiger partial charge on any atom is -0.355 e. The van der Waals surface area contributed by atoms with E-state index in [0.29, 0.717) is 12.5 Å². The molecule has 0 radical (unpaired) electrons. The highest BCUT2D eigenvalue weighted by Gasteiger charge is 2.21. The van der Waals surface area contributed by atoms with E-state index in [9.17, 15) is 9.18 Å². The monoisotopic (exact) mass is 295 g/mol. The molecule has 0 aliphatic carbocycles. The molecule has 1 fully saturated rings. The zero-order chi connectivity index (χ0) is 15.1. The maximum atomic E-state index is 12.7. The van der Waals surface area contributed by atoms with Gasteiger partial charge >= 0.3 is 0 Å². The van der Waals surface area contributed by atoms with Gasteiger partial charge in [-0.2, -0.15) is 0 Å². The van der Waals surface area contributed by atoms with Crippen molar-refractivity contribution >= 4 is 11.9 Å². The van der Waals surface area contributed by atoms with Crippen molar-refractivity contribution in [2.24, 2.45) is 0 Å². The number of anilines is 1. The van der Waals surface area contributed by atoms with Crippen LogP contribution >= 0.6 is 0 Å². The number of hydrogen-bond acceptors (Lipinski definition) is 5. The summed E-state index contributed by atoms with van der Waals surface area (Å²) in [6.07, 6.45) is 5.10. The summed E-state index contributed by atoms with van der Waals surface area (Å²) < 4.78 is 12.7. The van der Waals surface area contributed by atoms with E-state index < -0.39 is 5.82 Å². The van der Waals surface area contributed by atoms with Crippen molar-refractivity contribution in [2.75, 3.05) is 31.5 Å². The molecular formula is C14H22FN5O. The molecule has 1 aliphatic heterocycles. The van der Waals surface area contributed by atoms with Gasteiger partial charge in [0.25, 0.3) is 0 Å². The lowest BCUT2D eigenvalue weighted by Gasteiger charge is -2.31. The smallest absolute Gasteiger partial charge is 0.234 e. The lowest BCUT2D eigenvalue weighted by Crippen LogP contribution is -2.44. The van der Waals surface area contributed by atoms with Crippen molar-refractivity contribution in [1.82, 2.24) is 20.2 Å². The summed E-state index contributed by atoms with van der Waals surface area (Å²) in [6.45, 7) is 4.95. The minimum absolute atomic E-state index is 0.0881. The van der Waals surface area contributed by atoms with Gasteiger partial charge < -0.3 is 10.6 Å². The molecule has 0 aromatic carbocycles. The lowest BCUT2D eigenvalue weighted by atomic mass is 10.1. The molecular weight excluding hydrogens is 273 g/mol. The number of carbonyl (C=O) groups excluding carboxylic acids is 1. The number of aromatic nitrogens is 2. The van der Waals surface area contributed by atoms with E-state index in [1.54, 1.807) is 0 Å². The third-order valence-corrected chi connectivity index (χ3v) is 3.48. The van der Waals surface area contributed by atoms with Crippen molar-refractivity contribution < 1.29 is 9.18 Å². The summed E-state index contributed by atoms with van der Waals surface area (Å²) in [5.41, 5.74) is 0. The lowest BCUT2D eigenvalue weighted by molar-refractivity contribution is -0.122. The topological polar surface area (TPSA) is 70.2 Å². The zero-order valence-electron chi connectivity index (χ0n) is 12.3. The van der Waals surface area contributed by atoms with Gasteiger partial charge in [-0.05, 0) is 19.3 Å². The first kappa shape index (κ1) is 15.6. The Kier molecular flexibility index (Phi) is 5.86. The number of carbonyl (C=O) groups is 1. The number of rotatable bonds is 6. The second-order valence-electron chi connectivity index (χ2n) is 5.27. The molecule has 1 aliphatic rings. The van der Waals surface area contributed by atoms with Crippen LogP contribution in [0, 0.1) is 5.82 Å². The second-order valence-corrected chi connectivity index (χ2v) is 5.27. The average molecular weight is 295 g/mol. The van der Waals surface area contributed by atoms with Crippen LogP contribution in [0.1, 0.15) is 26.2 Å². The quantitative estimate of drug-likeness (QED) is 0.820. The van der Waals surface area contributed by atoms with Crippen LogP contribution in [0.4, 0.5) is 10.3 Å². The van der Waals surface area contributed by atoms with Crippen LogP contribution in [0.3, 0.4) is 0 Å². The van der Waals surface area contributed by atoms with Crippen LogP contribution in [0.2, 0.25) is 0 Å². The SMILES string of the molecule is CCCNC(=O)CN1CCC(Nc2ncc(F)cn2)CC1. The number of halogens is 1. The Bertz CT molecular complexity index is 445. The number of piperidine rings is 1. The fraction of sp³-hybridized carbons (Fsp3) is 0.643. The molecule has 0 bridgehead atoms. The highest BCUT2D eigenvalue weighted by Crippen LogP contribution is 2.13. The maximum Gasteiger partial charge on any atom is 0.234 e. The molecule has 0 saturated carbocycles. The normalized spacial score (nSPS) is 16.7. The summed E-state index contributed by atoms with van der Waals surface area (Å²) in [5, 5.41) is 6.08. The van der Waals surface area contributed by atoms with E-state index in [0.717, 1.165) is 51.3 Å². The van der Waals surface area contributed by atoms with Crippen molar-refractivity contribution in [2.45, 2.75) is 32.2 Å². The Balaban J connectivity index is 1.70. The molecule has 1 aromatic rings. The summed E-state index contributed by atoms with van der Waals surface area (Å²) in [4.78, 5) is 21.6. The Morgan fingerprint density at radius 3 is 2.67 bits per heavy atom. The Morgan fingerprint density at radius 1 is 1.38 bits per heavy atom. The molecule has 0 unspecified atom stereocenters. The molecule has 1 saturated heterocycles. The van der Waals surface area contributed by atoms with Gasteiger partial charge in [0.15, 0.2) is 5.82 Å². The van der Waals surface area contributed by atoms with Crippen LogP contribution in [-0.2, 0) is 4.79 Å². The third-order valence-electron chi connectivity index (χ3n) is 3.48. The number of hydrogen-bond donors (Lipinski definition) is 2. The number of nitrogens with zero attached hydrogens (tertiary/aromatic N) is 3. The fourth-order valence-electron chi connectivity index (χ4n) is 2.33. The Labute approximate surface area is 124 Å². The molecule has 1 amide bonds. The largest absolute Gasteiger partial charge is 0.355 e. The van der Waals surface area contributed by atoms with Crippen LogP contribution in [0.5, 0.6) is 0 Å². The molecule has 116 valence electrons. The van der Waals surface area contributed by atoms with Crippen LogP contribution in [-0.4, -0.2) is 53.0 Å². The van der Waals surface area contributed by atoms with Gasteiger partial charge in [0.05, 0.1) is 18.9 Å². The zero-order valence-corrected chi connectivity index (χ0v) is 12.3. The fourth-order valence-corrected chi connectivity index (χ4v) is 2.33. The molecule has 0 spiro atoms. The van der Waals surface area contributed by atoms with E-state index in [4.69, 9.17) is 0 Å². The Morgan fingerprint density at radius 2 is 2.05 bits per heavy atom. The highest BCUT2D eigenvalue weighted by molar-refractivity contribution is 5.77. The van der Waals surface area contributed by atoms with Crippen molar-refractivity contribution in [3.05, 3.63) is 18.2 Å². The first-order valence-electron chi connectivity index (χ1n) is 7.40. The number of nitrogens with one attached hydrogen (secondary N) is 2. The van der Waals surface area contributed by atoms with Gasteiger partial charge in [-0.25, -0.2) is 14.4 Å². The Hall–Kier alpha value is -1.76. The second kappa shape index (κ2) is 7.87. The maximum absolute atomic E-state index is 12.7. The van der Waals surface area contributed by atoms with Gasteiger partial charge in [0.2, 0.25) is 11.9 Å². The standard InChI is InChI=1S/C14H22FN5O/c1-2-5-16-13(21)10-20-6-3-12(4-7-20)19-14-17-8-11(15)9-18-14/h8-9,12H,2-7,10H2,1H3,(H,16,21)(H,17,18,19). The van der Waals surface area contributed by atoms with E-state index in [2.05, 4.69) is 25.5 Å². The molecule has 7 heteroatoms. The first-order valence-corrected chi connectivity index (χ1v) is 7.40. The van der Waals surface area contributed by atoms with E-state index >= 15 is 0 Å². The van der Waals surface area contributed by atoms with Gasteiger partial charge in [0, 0.05) is 25.7 Å². The predicted octanol–water partition coefficient (Wildman–Crippen LogP) is 1.02.